The summed E-state index contributed by atoms with van der Waals surface area (Å²) in [5.74, 6) is -1.43. The summed E-state index contributed by atoms with van der Waals surface area (Å²) in [5, 5.41) is 19.0. The van der Waals surface area contributed by atoms with Crippen molar-refractivity contribution in [2.75, 3.05) is 14.2 Å². The molecule has 2 N–H and O–H groups in total. The van der Waals surface area contributed by atoms with E-state index < -0.39 is 11.9 Å². The zero-order valence-electron chi connectivity index (χ0n) is 14.3. The Bertz CT molecular complexity index is 771. The lowest BCUT2D eigenvalue weighted by Gasteiger charge is -2.06. The maximum absolute atomic E-state index is 11.6. The van der Waals surface area contributed by atoms with Crippen molar-refractivity contribution in [3.63, 3.8) is 0 Å². The number of benzene rings is 2. The largest absolute Gasteiger partial charge is 0.497 e. The summed E-state index contributed by atoms with van der Waals surface area (Å²) in [7, 11) is 3.04. The molecule has 0 saturated heterocycles. The minimum absolute atomic E-state index is 0.321. The predicted molar refractivity (Wildman–Crippen MR) is 97.2 cm³/mol. The molecular formula is C20H18O6. The van der Waals surface area contributed by atoms with Gasteiger partial charge in [-0.3, -0.25) is 0 Å². The molecule has 2 aromatic rings. The fourth-order valence-electron chi connectivity index (χ4n) is 2.24. The van der Waals surface area contributed by atoms with Gasteiger partial charge in [-0.05, 0) is 47.5 Å². The highest BCUT2D eigenvalue weighted by Gasteiger charge is 2.20. The normalized spacial score (nSPS) is 11.8. The van der Waals surface area contributed by atoms with Gasteiger partial charge in [0.05, 0.1) is 25.4 Å². The third-order valence-electron chi connectivity index (χ3n) is 3.60. The number of carbonyl (C=O) groups is 2. The highest BCUT2D eigenvalue weighted by Crippen LogP contribution is 2.22. The van der Waals surface area contributed by atoms with Gasteiger partial charge in [0.25, 0.3) is 0 Å². The first-order chi connectivity index (χ1) is 12.4. The number of aliphatic carboxylic acids is 2. The molecule has 0 aliphatic carbocycles. The van der Waals surface area contributed by atoms with E-state index in [0.717, 1.165) is 0 Å². The predicted octanol–water partition coefficient (Wildman–Crippen LogP) is 3.34. The molecule has 0 atom stereocenters. The minimum Gasteiger partial charge on any atom is -0.497 e. The van der Waals surface area contributed by atoms with Gasteiger partial charge in [0.15, 0.2) is 0 Å². The second-order valence-electron chi connectivity index (χ2n) is 5.27. The third-order valence-corrected chi connectivity index (χ3v) is 3.60. The molecule has 0 heterocycles. The van der Waals surface area contributed by atoms with Crippen molar-refractivity contribution in [1.82, 2.24) is 0 Å². The second kappa shape index (κ2) is 8.53. The van der Waals surface area contributed by atoms with E-state index in [9.17, 15) is 19.8 Å². The quantitative estimate of drug-likeness (QED) is 0.585. The van der Waals surface area contributed by atoms with Crippen LogP contribution in [0.4, 0.5) is 0 Å². The number of methoxy groups -OCH3 is 2. The van der Waals surface area contributed by atoms with Crippen molar-refractivity contribution in [2.45, 2.75) is 0 Å². The summed E-state index contributed by atoms with van der Waals surface area (Å²) < 4.78 is 10.1. The van der Waals surface area contributed by atoms with E-state index in [1.54, 1.807) is 48.5 Å². The number of carboxylic acid groups (broad SMARTS) is 2. The van der Waals surface area contributed by atoms with Gasteiger partial charge < -0.3 is 19.7 Å². The van der Waals surface area contributed by atoms with Gasteiger partial charge in [0, 0.05) is 0 Å². The standard InChI is InChI=1S/C20H18O6/c1-25-15-7-3-13(4-8-15)11-17(19(21)22)18(20(23)24)12-14-5-9-16(26-2)10-6-14/h3-12H,1-2H3,(H,21,22)(H,23,24)/b17-11-,18-12-. The molecule has 0 radical (unpaired) electrons. The molecule has 0 saturated carbocycles. The van der Waals surface area contributed by atoms with Crippen molar-refractivity contribution in [3.8, 4) is 11.5 Å². The van der Waals surface area contributed by atoms with Gasteiger partial charge in [0.2, 0.25) is 0 Å². The Morgan fingerprint density at radius 1 is 0.692 bits per heavy atom. The summed E-state index contributed by atoms with van der Waals surface area (Å²) in [6.07, 6.45) is 2.62. The van der Waals surface area contributed by atoms with Crippen LogP contribution in [-0.4, -0.2) is 36.4 Å². The van der Waals surface area contributed by atoms with Crippen LogP contribution in [0.3, 0.4) is 0 Å². The van der Waals surface area contributed by atoms with Crippen LogP contribution in [0.15, 0.2) is 59.7 Å². The molecule has 2 aromatic carbocycles. The topological polar surface area (TPSA) is 93.1 Å². The monoisotopic (exact) mass is 354 g/mol. The SMILES string of the molecule is COc1ccc(/C=C(C(=O)O)/C(=C/c2ccc(OC)cc2)C(=O)O)cc1. The van der Waals surface area contributed by atoms with Crippen molar-refractivity contribution in [1.29, 1.82) is 0 Å². The van der Waals surface area contributed by atoms with E-state index in [2.05, 4.69) is 0 Å². The maximum Gasteiger partial charge on any atom is 0.336 e. The van der Waals surface area contributed by atoms with Gasteiger partial charge in [-0.25, -0.2) is 9.59 Å². The highest BCUT2D eigenvalue weighted by atomic mass is 16.5. The fourth-order valence-corrected chi connectivity index (χ4v) is 2.24. The first-order valence-corrected chi connectivity index (χ1v) is 7.63. The van der Waals surface area contributed by atoms with Gasteiger partial charge in [-0.2, -0.15) is 0 Å². The van der Waals surface area contributed by atoms with Crippen LogP contribution in [-0.2, 0) is 9.59 Å². The Kier molecular flexibility index (Phi) is 6.16. The molecule has 2 rings (SSSR count). The molecule has 0 aliphatic heterocycles. The molecule has 26 heavy (non-hydrogen) atoms. The molecule has 0 spiro atoms. The molecule has 134 valence electrons. The van der Waals surface area contributed by atoms with Gasteiger partial charge in [0.1, 0.15) is 11.5 Å². The van der Waals surface area contributed by atoms with Crippen LogP contribution in [0.1, 0.15) is 11.1 Å². The number of rotatable bonds is 7. The molecule has 0 bridgehead atoms. The summed E-state index contributed by atoms with van der Waals surface area (Å²) in [6.45, 7) is 0. The average molecular weight is 354 g/mol. The Hall–Kier alpha value is -3.54. The van der Waals surface area contributed by atoms with Gasteiger partial charge in [-0.1, -0.05) is 24.3 Å². The van der Waals surface area contributed by atoms with Crippen molar-refractivity contribution < 1.29 is 29.3 Å². The van der Waals surface area contributed by atoms with E-state index >= 15 is 0 Å². The average Bonchev–Trinajstić information content (AvgIpc) is 2.65. The smallest absolute Gasteiger partial charge is 0.336 e. The lowest BCUT2D eigenvalue weighted by molar-refractivity contribution is -0.136. The van der Waals surface area contributed by atoms with Crippen molar-refractivity contribution in [2.24, 2.45) is 0 Å². The molecule has 6 nitrogen and oxygen atoms in total. The van der Waals surface area contributed by atoms with Crippen LogP contribution < -0.4 is 9.47 Å². The van der Waals surface area contributed by atoms with Crippen molar-refractivity contribution >= 4 is 24.1 Å². The van der Waals surface area contributed by atoms with Gasteiger partial charge >= 0.3 is 11.9 Å². The number of hydrogen-bond acceptors (Lipinski definition) is 4. The number of hydrogen-bond donors (Lipinski definition) is 2. The highest BCUT2D eigenvalue weighted by molar-refractivity contribution is 6.11. The maximum atomic E-state index is 11.6. The first-order valence-electron chi connectivity index (χ1n) is 7.63. The van der Waals surface area contributed by atoms with Crippen LogP contribution in [0.25, 0.3) is 12.2 Å². The van der Waals surface area contributed by atoms with Crippen LogP contribution in [0, 0.1) is 0 Å². The number of ether oxygens (including phenoxy) is 2. The third kappa shape index (κ3) is 4.73. The van der Waals surface area contributed by atoms with Crippen LogP contribution in [0.2, 0.25) is 0 Å². The zero-order chi connectivity index (χ0) is 19.1. The molecule has 0 fully saturated rings. The zero-order valence-corrected chi connectivity index (χ0v) is 14.3. The van der Waals surface area contributed by atoms with Crippen molar-refractivity contribution in [3.05, 3.63) is 70.8 Å². The first kappa shape index (κ1) is 18.8. The van der Waals surface area contributed by atoms with E-state index in [-0.39, 0.29) is 11.1 Å². The number of carboxylic acids is 2. The van der Waals surface area contributed by atoms with E-state index in [1.165, 1.54) is 26.4 Å². The summed E-state index contributed by atoms with van der Waals surface area (Å²) in [4.78, 5) is 23.3. The molecule has 6 heteroatoms. The van der Waals surface area contributed by atoms with Crippen LogP contribution in [0.5, 0.6) is 11.5 Å². The van der Waals surface area contributed by atoms with E-state index in [0.29, 0.717) is 22.6 Å². The molecule has 0 amide bonds. The minimum atomic E-state index is -1.33. The lowest BCUT2D eigenvalue weighted by Crippen LogP contribution is -2.11. The second-order valence-corrected chi connectivity index (χ2v) is 5.27. The Morgan fingerprint density at radius 2 is 1.00 bits per heavy atom. The molecule has 0 aromatic heterocycles. The molecular weight excluding hydrogens is 336 g/mol. The lowest BCUT2D eigenvalue weighted by atomic mass is 10.00. The Morgan fingerprint density at radius 3 is 1.23 bits per heavy atom. The van der Waals surface area contributed by atoms with E-state index in [4.69, 9.17) is 9.47 Å². The van der Waals surface area contributed by atoms with Crippen LogP contribution >= 0.6 is 0 Å². The van der Waals surface area contributed by atoms with Gasteiger partial charge in [-0.15, -0.1) is 0 Å². The Balaban J connectivity index is 2.47. The summed E-state index contributed by atoms with van der Waals surface area (Å²) >= 11 is 0. The summed E-state index contributed by atoms with van der Waals surface area (Å²) in [5.41, 5.74) is 0.451. The summed E-state index contributed by atoms with van der Waals surface area (Å²) in [6, 6.07) is 13.3. The molecule has 0 unspecified atom stereocenters. The fraction of sp³-hybridized carbons (Fsp3) is 0.100. The van der Waals surface area contributed by atoms with E-state index in [1.807, 2.05) is 0 Å². The molecule has 0 aliphatic rings. The Labute approximate surface area is 150 Å².